The van der Waals surface area contributed by atoms with Gasteiger partial charge in [0.1, 0.15) is 0 Å². The van der Waals surface area contributed by atoms with Crippen LogP contribution in [0.4, 0.5) is 0 Å². The fourth-order valence-electron chi connectivity index (χ4n) is 3.96. The van der Waals surface area contributed by atoms with Crippen LogP contribution >= 0.6 is 0 Å². The van der Waals surface area contributed by atoms with Crippen molar-refractivity contribution in [3.05, 3.63) is 35.4 Å². The summed E-state index contributed by atoms with van der Waals surface area (Å²) in [5.74, 6) is 0.862. The van der Waals surface area contributed by atoms with Crippen LogP contribution in [-0.2, 0) is 12.0 Å². The zero-order valence-electron chi connectivity index (χ0n) is 10.1. The summed E-state index contributed by atoms with van der Waals surface area (Å²) in [7, 11) is 2.15. The Morgan fingerprint density at radius 2 is 2.06 bits per heavy atom. The molecule has 0 amide bonds. The zero-order valence-corrected chi connectivity index (χ0v) is 10.1. The van der Waals surface area contributed by atoms with Gasteiger partial charge in [-0.15, -0.1) is 0 Å². The van der Waals surface area contributed by atoms with Crippen LogP contribution in [0.1, 0.15) is 43.2 Å². The van der Waals surface area contributed by atoms with Gasteiger partial charge in [-0.25, -0.2) is 0 Å². The van der Waals surface area contributed by atoms with E-state index < -0.39 is 0 Å². The van der Waals surface area contributed by atoms with E-state index in [1.54, 1.807) is 11.1 Å². The van der Waals surface area contributed by atoms with Gasteiger partial charge >= 0.3 is 0 Å². The first-order valence-corrected chi connectivity index (χ1v) is 6.64. The highest BCUT2D eigenvalue weighted by Crippen LogP contribution is 2.47. The number of nitrogens with one attached hydrogen (secondary N) is 1. The first kappa shape index (κ1) is 10.3. The summed E-state index contributed by atoms with van der Waals surface area (Å²) in [5, 5.41) is 3.68. The lowest BCUT2D eigenvalue weighted by Gasteiger charge is -2.48. The van der Waals surface area contributed by atoms with Crippen molar-refractivity contribution >= 4 is 0 Å². The Balaban J connectivity index is 2.11. The van der Waals surface area contributed by atoms with Gasteiger partial charge in [-0.3, -0.25) is 0 Å². The average molecular weight is 215 g/mol. The summed E-state index contributed by atoms with van der Waals surface area (Å²) in [6.07, 6.45) is 8.20. The molecule has 2 atom stereocenters. The largest absolute Gasteiger partial charge is 0.310 e. The predicted molar refractivity (Wildman–Crippen MR) is 67.5 cm³/mol. The monoisotopic (exact) mass is 215 g/mol. The number of aryl methyl sites for hydroxylation is 1. The lowest BCUT2D eigenvalue weighted by Crippen LogP contribution is -2.51. The fraction of sp³-hybridized carbons (Fsp3) is 0.600. The Hall–Kier alpha value is -0.820. The molecule has 1 nitrogen and oxygen atoms in total. The van der Waals surface area contributed by atoms with E-state index in [0.717, 1.165) is 5.92 Å². The first-order valence-electron chi connectivity index (χ1n) is 6.64. The van der Waals surface area contributed by atoms with Gasteiger partial charge in [0.2, 0.25) is 0 Å². The van der Waals surface area contributed by atoms with Gasteiger partial charge in [-0.2, -0.15) is 0 Å². The molecular weight excluding hydrogens is 194 g/mol. The lowest BCUT2D eigenvalue weighted by atomic mass is 9.62. The summed E-state index contributed by atoms with van der Waals surface area (Å²) < 4.78 is 0. The van der Waals surface area contributed by atoms with E-state index in [1.807, 2.05) is 0 Å². The van der Waals surface area contributed by atoms with Crippen LogP contribution in [0.2, 0.25) is 0 Å². The molecule has 1 aromatic rings. The highest BCUT2D eigenvalue weighted by atomic mass is 15.0. The van der Waals surface area contributed by atoms with Crippen molar-refractivity contribution in [1.29, 1.82) is 0 Å². The van der Waals surface area contributed by atoms with Crippen LogP contribution in [0.15, 0.2) is 24.3 Å². The van der Waals surface area contributed by atoms with Gasteiger partial charge in [0, 0.05) is 5.54 Å². The highest BCUT2D eigenvalue weighted by molar-refractivity contribution is 5.37. The number of hydrogen-bond acceptors (Lipinski definition) is 1. The van der Waals surface area contributed by atoms with E-state index in [1.165, 1.54) is 38.5 Å². The van der Waals surface area contributed by atoms with Crippen LogP contribution in [0, 0.1) is 5.92 Å². The molecule has 0 spiro atoms. The zero-order chi connectivity index (χ0) is 11.0. The van der Waals surface area contributed by atoms with E-state index in [4.69, 9.17) is 0 Å². The van der Waals surface area contributed by atoms with Gasteiger partial charge in [0.05, 0.1) is 0 Å². The summed E-state index contributed by atoms with van der Waals surface area (Å²) in [6.45, 7) is 0. The maximum Gasteiger partial charge on any atom is 0.0463 e. The van der Waals surface area contributed by atoms with Gasteiger partial charge in [0.25, 0.3) is 0 Å². The predicted octanol–water partition coefficient (Wildman–Crippen LogP) is 3.24. The van der Waals surface area contributed by atoms with Crippen LogP contribution in [-0.4, -0.2) is 7.05 Å². The average Bonchev–Trinajstić information content (AvgIpc) is 2.38. The van der Waals surface area contributed by atoms with Crippen LogP contribution in [0.5, 0.6) is 0 Å². The van der Waals surface area contributed by atoms with E-state index in [0.29, 0.717) is 5.54 Å². The molecule has 1 fully saturated rings. The summed E-state index contributed by atoms with van der Waals surface area (Å²) in [6, 6.07) is 9.06. The Morgan fingerprint density at radius 1 is 1.19 bits per heavy atom. The molecule has 0 heterocycles. The lowest BCUT2D eigenvalue weighted by molar-refractivity contribution is 0.129. The molecule has 3 rings (SSSR count). The Kier molecular flexibility index (Phi) is 2.51. The molecule has 1 aromatic carbocycles. The van der Waals surface area contributed by atoms with Crippen LogP contribution < -0.4 is 5.32 Å². The second kappa shape index (κ2) is 3.89. The van der Waals surface area contributed by atoms with Crippen molar-refractivity contribution < 1.29 is 0 Å². The summed E-state index contributed by atoms with van der Waals surface area (Å²) in [5.41, 5.74) is 3.47. The van der Waals surface area contributed by atoms with E-state index in [-0.39, 0.29) is 0 Å². The number of rotatable bonds is 1. The SMILES string of the molecule is CN[C@]12CCCC[C@H]1CCc1ccccc12. The molecule has 0 aromatic heterocycles. The van der Waals surface area contributed by atoms with Crippen molar-refractivity contribution in [2.75, 3.05) is 7.05 Å². The molecule has 86 valence electrons. The van der Waals surface area contributed by atoms with E-state index in [2.05, 4.69) is 36.6 Å². The van der Waals surface area contributed by atoms with Crippen molar-refractivity contribution in [1.82, 2.24) is 5.32 Å². The topological polar surface area (TPSA) is 12.0 Å². The molecule has 16 heavy (non-hydrogen) atoms. The molecule has 1 saturated carbocycles. The Bertz CT molecular complexity index is 385. The smallest absolute Gasteiger partial charge is 0.0463 e. The fourth-order valence-corrected chi connectivity index (χ4v) is 3.96. The molecule has 2 aliphatic rings. The molecular formula is C15H21N. The van der Waals surface area contributed by atoms with Crippen LogP contribution in [0.3, 0.4) is 0 Å². The molecule has 0 bridgehead atoms. The standard InChI is InChI=1S/C15H21N/c1-16-15-11-5-4-7-13(15)10-9-12-6-2-3-8-14(12)15/h2-3,6,8,13,16H,4-5,7,9-11H2,1H3/t13-,15+/m0/s1. The van der Waals surface area contributed by atoms with E-state index in [9.17, 15) is 0 Å². The second-order valence-electron chi connectivity index (χ2n) is 5.36. The van der Waals surface area contributed by atoms with Gasteiger partial charge in [0.15, 0.2) is 0 Å². The highest BCUT2D eigenvalue weighted by Gasteiger charge is 2.43. The minimum Gasteiger partial charge on any atom is -0.310 e. The first-order chi connectivity index (χ1) is 7.87. The molecule has 1 N–H and O–H groups in total. The third kappa shape index (κ3) is 1.34. The number of benzene rings is 1. The molecule has 0 unspecified atom stereocenters. The normalized spacial score (nSPS) is 32.9. The van der Waals surface area contributed by atoms with Crippen molar-refractivity contribution in [3.63, 3.8) is 0 Å². The molecule has 1 heteroatoms. The third-order valence-electron chi connectivity index (χ3n) is 4.78. The molecule has 0 aliphatic heterocycles. The van der Waals surface area contributed by atoms with Crippen molar-refractivity contribution in [2.45, 2.75) is 44.1 Å². The third-order valence-corrected chi connectivity index (χ3v) is 4.78. The molecule has 0 radical (unpaired) electrons. The number of fused-ring (bicyclic) bond motifs is 3. The van der Waals surface area contributed by atoms with Gasteiger partial charge in [-0.1, -0.05) is 37.1 Å². The molecule has 2 aliphatic carbocycles. The van der Waals surface area contributed by atoms with Gasteiger partial charge in [-0.05, 0) is 49.8 Å². The Morgan fingerprint density at radius 3 is 2.94 bits per heavy atom. The second-order valence-corrected chi connectivity index (χ2v) is 5.36. The van der Waals surface area contributed by atoms with Crippen molar-refractivity contribution in [2.24, 2.45) is 5.92 Å². The van der Waals surface area contributed by atoms with Crippen LogP contribution in [0.25, 0.3) is 0 Å². The number of hydrogen-bond donors (Lipinski definition) is 1. The minimum atomic E-state index is 0.299. The van der Waals surface area contributed by atoms with E-state index >= 15 is 0 Å². The maximum atomic E-state index is 3.68. The minimum absolute atomic E-state index is 0.299. The summed E-state index contributed by atoms with van der Waals surface area (Å²) in [4.78, 5) is 0. The Labute approximate surface area is 98.3 Å². The molecule has 0 saturated heterocycles. The maximum absolute atomic E-state index is 3.68. The summed E-state index contributed by atoms with van der Waals surface area (Å²) >= 11 is 0. The van der Waals surface area contributed by atoms with Gasteiger partial charge < -0.3 is 5.32 Å². The van der Waals surface area contributed by atoms with Crippen molar-refractivity contribution in [3.8, 4) is 0 Å². The quantitative estimate of drug-likeness (QED) is 0.758.